The van der Waals surface area contributed by atoms with Crippen LogP contribution in [-0.2, 0) is 12.8 Å². The lowest BCUT2D eigenvalue weighted by Gasteiger charge is -2.19. The molecule has 0 spiro atoms. The van der Waals surface area contributed by atoms with Gasteiger partial charge < -0.3 is 15.9 Å². The lowest BCUT2D eigenvalue weighted by molar-refractivity contribution is 0.0896. The molecule has 3 unspecified atom stereocenters. The highest BCUT2D eigenvalue weighted by Crippen LogP contribution is 2.36. The zero-order chi connectivity index (χ0) is 15.9. The molecule has 3 rings (SSSR count). The Bertz CT molecular complexity index is 592. The van der Waals surface area contributed by atoms with Crippen LogP contribution in [-0.4, -0.2) is 30.8 Å². The minimum absolute atomic E-state index is 0.188. The van der Waals surface area contributed by atoms with Crippen molar-refractivity contribution in [2.75, 3.05) is 0 Å². The molecule has 0 bridgehead atoms. The summed E-state index contributed by atoms with van der Waals surface area (Å²) in [5.41, 5.74) is 9.57. The number of alkyl halides is 2. The topological polar surface area (TPSA) is 59.6 Å². The molecular weight excluding hydrogens is 295 g/mol. The predicted molar refractivity (Wildman–Crippen MR) is 76.8 cm³/mol. The summed E-state index contributed by atoms with van der Waals surface area (Å²) >= 11 is 0. The molecule has 0 saturated carbocycles. The Kier molecular flexibility index (Phi) is 3.99. The molecule has 0 aliphatic carbocycles. The molecule has 0 aromatic heterocycles. The van der Waals surface area contributed by atoms with Crippen molar-refractivity contribution in [3.63, 3.8) is 0 Å². The summed E-state index contributed by atoms with van der Waals surface area (Å²) in [4.78, 5) is 0. The molecule has 1 aromatic carbocycles. The van der Waals surface area contributed by atoms with Gasteiger partial charge in [0.25, 0.3) is 6.43 Å². The first-order valence-electron chi connectivity index (χ1n) is 7.26. The molecule has 4 atom stereocenters. The number of hydrazone groups is 1. The summed E-state index contributed by atoms with van der Waals surface area (Å²) in [7, 11) is 0. The average molecular weight is 313 g/mol. The average Bonchev–Trinajstić information content (AvgIpc) is 3.04. The zero-order valence-electron chi connectivity index (χ0n) is 12.1. The number of nitrogens with one attached hydrogen (secondary N) is 1. The Labute approximate surface area is 126 Å². The summed E-state index contributed by atoms with van der Waals surface area (Å²) in [5.74, 6) is -0.306. The van der Waals surface area contributed by atoms with Gasteiger partial charge in [-0.05, 0) is 31.0 Å². The molecule has 0 fully saturated rings. The van der Waals surface area contributed by atoms with Crippen molar-refractivity contribution in [3.05, 3.63) is 29.1 Å². The van der Waals surface area contributed by atoms with Gasteiger partial charge in [-0.1, -0.05) is 0 Å². The fraction of sp³-hybridized carbons (Fsp3) is 0.533. The van der Waals surface area contributed by atoms with E-state index in [0.717, 1.165) is 5.56 Å². The van der Waals surface area contributed by atoms with Gasteiger partial charge in [-0.2, -0.15) is 5.10 Å². The third kappa shape index (κ3) is 2.77. The van der Waals surface area contributed by atoms with Crippen LogP contribution in [0.4, 0.5) is 13.2 Å². The highest BCUT2D eigenvalue weighted by Gasteiger charge is 2.35. The second-order valence-corrected chi connectivity index (χ2v) is 5.91. The molecule has 0 radical (unpaired) electrons. The molecule has 120 valence electrons. The molecule has 3 N–H and O–H groups in total. The third-order valence-electron chi connectivity index (χ3n) is 4.16. The third-order valence-corrected chi connectivity index (χ3v) is 4.16. The van der Waals surface area contributed by atoms with Gasteiger partial charge in [-0.25, -0.2) is 13.2 Å². The maximum Gasteiger partial charge on any atom is 0.260 e. The van der Waals surface area contributed by atoms with Gasteiger partial charge in [0.15, 0.2) is 0 Å². The lowest BCUT2D eigenvalue weighted by Crippen LogP contribution is -2.36. The van der Waals surface area contributed by atoms with Gasteiger partial charge in [-0.15, -0.1) is 0 Å². The number of nitrogens with zero attached hydrogens (tertiary/aromatic N) is 1. The Morgan fingerprint density at radius 2 is 2.23 bits per heavy atom. The number of halogens is 3. The highest BCUT2D eigenvalue weighted by molar-refractivity contribution is 5.65. The molecule has 22 heavy (non-hydrogen) atoms. The van der Waals surface area contributed by atoms with Gasteiger partial charge in [0.05, 0.1) is 0 Å². The lowest BCUT2D eigenvalue weighted by atomic mass is 9.92. The van der Waals surface area contributed by atoms with Crippen molar-refractivity contribution in [2.45, 2.75) is 44.4 Å². The van der Waals surface area contributed by atoms with E-state index in [0.29, 0.717) is 17.7 Å². The standard InChI is InChI=1S/C15H18F3N3O/c1-7(19)12-5-9-4-11(16)3-8(14(9)22-12)2-10-6-20-21-13(10)15(17)18/h3-4,6-7,10,12-13,15,21H,2,5,19H2,1H3/t7?,10?,12?,13-/m0/s1. The second kappa shape index (κ2) is 5.79. The molecule has 1 aromatic rings. The molecule has 2 aliphatic heterocycles. The van der Waals surface area contributed by atoms with Crippen LogP contribution in [0.15, 0.2) is 17.2 Å². The quantitative estimate of drug-likeness (QED) is 0.892. The van der Waals surface area contributed by atoms with E-state index in [1.807, 2.05) is 6.92 Å². The van der Waals surface area contributed by atoms with E-state index in [2.05, 4.69) is 10.5 Å². The van der Waals surface area contributed by atoms with Crippen LogP contribution in [0.2, 0.25) is 0 Å². The van der Waals surface area contributed by atoms with Crippen molar-refractivity contribution in [2.24, 2.45) is 16.8 Å². The van der Waals surface area contributed by atoms with Gasteiger partial charge in [-0.3, -0.25) is 0 Å². The summed E-state index contributed by atoms with van der Waals surface area (Å²) in [5, 5.41) is 3.71. The van der Waals surface area contributed by atoms with Crippen LogP contribution >= 0.6 is 0 Å². The summed E-state index contributed by atoms with van der Waals surface area (Å²) in [6.45, 7) is 1.83. The SMILES string of the molecule is CC(N)C1Cc2cc(F)cc(CC3C=NN[C@@H]3C(F)F)c2O1. The Morgan fingerprint density at radius 3 is 2.91 bits per heavy atom. The van der Waals surface area contributed by atoms with Crippen LogP contribution in [0.1, 0.15) is 18.1 Å². The van der Waals surface area contributed by atoms with Crippen LogP contribution in [0, 0.1) is 11.7 Å². The van der Waals surface area contributed by atoms with E-state index in [1.54, 1.807) is 0 Å². The zero-order valence-corrected chi connectivity index (χ0v) is 12.1. The minimum Gasteiger partial charge on any atom is -0.488 e. The van der Waals surface area contributed by atoms with Crippen molar-refractivity contribution in [1.82, 2.24) is 5.43 Å². The Balaban J connectivity index is 1.85. The van der Waals surface area contributed by atoms with Crippen molar-refractivity contribution in [1.29, 1.82) is 0 Å². The number of fused-ring (bicyclic) bond motifs is 1. The maximum atomic E-state index is 13.8. The van der Waals surface area contributed by atoms with Crippen LogP contribution < -0.4 is 15.9 Å². The number of ether oxygens (including phenoxy) is 1. The number of rotatable bonds is 4. The van der Waals surface area contributed by atoms with Crippen molar-refractivity contribution in [3.8, 4) is 5.75 Å². The summed E-state index contributed by atoms with van der Waals surface area (Å²) in [6, 6.07) is 1.53. The van der Waals surface area contributed by atoms with E-state index in [1.165, 1.54) is 18.3 Å². The number of benzene rings is 1. The fourth-order valence-electron chi connectivity index (χ4n) is 2.96. The number of hydrogen-bond acceptors (Lipinski definition) is 4. The minimum atomic E-state index is -2.54. The molecule has 4 nitrogen and oxygen atoms in total. The number of nitrogens with two attached hydrogens (primary N) is 1. The maximum absolute atomic E-state index is 13.8. The Hall–Kier alpha value is -1.76. The van der Waals surface area contributed by atoms with Gasteiger partial charge in [0, 0.05) is 30.2 Å². The predicted octanol–water partition coefficient (Wildman–Crippen LogP) is 1.86. The van der Waals surface area contributed by atoms with Crippen molar-refractivity contribution >= 4 is 6.21 Å². The molecule has 2 aliphatic rings. The van der Waals surface area contributed by atoms with E-state index < -0.39 is 18.4 Å². The van der Waals surface area contributed by atoms with E-state index in [9.17, 15) is 13.2 Å². The monoisotopic (exact) mass is 313 g/mol. The summed E-state index contributed by atoms with van der Waals surface area (Å²) < 4.78 is 45.5. The molecule has 2 heterocycles. The van der Waals surface area contributed by atoms with E-state index >= 15 is 0 Å². The first-order valence-corrected chi connectivity index (χ1v) is 7.26. The smallest absolute Gasteiger partial charge is 0.260 e. The van der Waals surface area contributed by atoms with Gasteiger partial charge >= 0.3 is 0 Å². The first-order chi connectivity index (χ1) is 10.5. The van der Waals surface area contributed by atoms with Crippen molar-refractivity contribution < 1.29 is 17.9 Å². The van der Waals surface area contributed by atoms with Crippen LogP contribution in [0.25, 0.3) is 0 Å². The Morgan fingerprint density at radius 1 is 1.45 bits per heavy atom. The van der Waals surface area contributed by atoms with Gasteiger partial charge in [0.1, 0.15) is 23.7 Å². The molecule has 0 amide bonds. The normalized spacial score (nSPS) is 27.6. The number of hydrogen-bond donors (Lipinski definition) is 2. The van der Waals surface area contributed by atoms with E-state index in [4.69, 9.17) is 10.5 Å². The molecule has 7 heteroatoms. The largest absolute Gasteiger partial charge is 0.488 e. The highest BCUT2D eigenvalue weighted by atomic mass is 19.3. The first kappa shape index (κ1) is 15.1. The van der Waals surface area contributed by atoms with E-state index in [-0.39, 0.29) is 24.4 Å². The second-order valence-electron chi connectivity index (χ2n) is 5.91. The fourth-order valence-corrected chi connectivity index (χ4v) is 2.96. The van der Waals surface area contributed by atoms with Crippen LogP contribution in [0.5, 0.6) is 5.75 Å². The van der Waals surface area contributed by atoms with Gasteiger partial charge in [0.2, 0.25) is 0 Å². The van der Waals surface area contributed by atoms with Crippen LogP contribution in [0.3, 0.4) is 0 Å². The summed E-state index contributed by atoms with van der Waals surface area (Å²) in [6.07, 6.45) is -0.514. The molecule has 0 saturated heterocycles. The molecular formula is C15H18F3N3O.